The molecule has 0 bridgehead atoms. The van der Waals surface area contributed by atoms with Crippen molar-refractivity contribution in [2.75, 3.05) is 38.2 Å². The summed E-state index contributed by atoms with van der Waals surface area (Å²) in [6, 6.07) is 2.20. The van der Waals surface area contributed by atoms with Crippen molar-refractivity contribution in [1.29, 1.82) is 0 Å². The first kappa shape index (κ1) is 13.9. The number of hydrogen-bond acceptors (Lipinski definition) is 5. The molecule has 1 aromatic rings. The van der Waals surface area contributed by atoms with Crippen LogP contribution in [0.2, 0.25) is 14.8 Å². The molecule has 0 aromatic carbocycles. The van der Waals surface area contributed by atoms with E-state index < -0.39 is 18.4 Å². The van der Waals surface area contributed by atoms with E-state index in [2.05, 4.69) is 41.3 Å². The molecule has 18 heavy (non-hydrogen) atoms. The third kappa shape index (κ3) is 3.06. The summed E-state index contributed by atoms with van der Waals surface area (Å²) >= 11 is -2.22. The number of aromatic nitrogens is 2. The van der Waals surface area contributed by atoms with Gasteiger partial charge in [0.25, 0.3) is 0 Å². The number of hydrogen-bond donors (Lipinski definition) is 1. The summed E-state index contributed by atoms with van der Waals surface area (Å²) in [4.78, 5) is 9.41. The summed E-state index contributed by atoms with van der Waals surface area (Å²) in [6.45, 7) is 4.03. The molecule has 0 atom stereocenters. The number of piperazine rings is 1. The van der Waals surface area contributed by atoms with Gasteiger partial charge < -0.3 is 0 Å². The average Bonchev–Trinajstić information content (AvgIpc) is 2.38. The number of nitrogens with zero attached hydrogens (tertiary/aromatic N) is 3. The fourth-order valence-corrected chi connectivity index (χ4v) is 5.98. The maximum absolute atomic E-state index is 5.36. The first-order chi connectivity index (χ1) is 8.52. The maximum atomic E-state index is 5.36. The van der Waals surface area contributed by atoms with Crippen molar-refractivity contribution in [2.24, 2.45) is 0 Å². The minimum atomic E-state index is -2.22. The van der Waals surface area contributed by atoms with Crippen LogP contribution in [0, 0.1) is 0 Å². The second kappa shape index (κ2) is 5.61. The Balaban J connectivity index is 2.33. The molecule has 1 saturated heterocycles. The van der Waals surface area contributed by atoms with Crippen molar-refractivity contribution >= 4 is 27.8 Å². The van der Waals surface area contributed by atoms with E-state index in [1.54, 1.807) is 7.11 Å². The van der Waals surface area contributed by atoms with Crippen LogP contribution in [0.1, 0.15) is 0 Å². The normalized spacial score (nSPS) is 16.8. The van der Waals surface area contributed by atoms with Crippen LogP contribution < -0.4 is 18.5 Å². The number of nitrogens with one attached hydrogen (secondary N) is 1. The molecule has 1 aliphatic rings. The zero-order chi connectivity index (χ0) is 13.2. The predicted molar refractivity (Wildman–Crippen MR) is 76.6 cm³/mol. The molecule has 0 aliphatic carbocycles. The summed E-state index contributed by atoms with van der Waals surface area (Å²) < 4.78 is 6.68. The van der Waals surface area contributed by atoms with E-state index in [1.165, 1.54) is 3.58 Å². The Morgan fingerprint density at radius 2 is 1.89 bits per heavy atom. The molecule has 0 radical (unpaired) electrons. The quantitative estimate of drug-likeness (QED) is 0.796. The molecule has 0 amide bonds. The van der Waals surface area contributed by atoms with E-state index in [-0.39, 0.29) is 0 Å². The molecule has 1 N–H and O–H groups in total. The van der Waals surface area contributed by atoms with Gasteiger partial charge in [-0.15, -0.1) is 0 Å². The van der Waals surface area contributed by atoms with Gasteiger partial charge in [-0.05, 0) is 0 Å². The van der Waals surface area contributed by atoms with Gasteiger partial charge in [0.05, 0.1) is 0 Å². The predicted octanol–water partition coefficient (Wildman–Crippen LogP) is 0.440. The van der Waals surface area contributed by atoms with Gasteiger partial charge >= 0.3 is 113 Å². The van der Waals surface area contributed by atoms with E-state index in [9.17, 15) is 0 Å². The molecular weight excluding hydrogens is 335 g/mol. The summed E-state index contributed by atoms with van der Waals surface area (Å²) in [6.07, 6.45) is 0. The third-order valence-electron chi connectivity index (χ3n) is 3.19. The second-order valence-corrected chi connectivity index (χ2v) is 20.0. The van der Waals surface area contributed by atoms with Gasteiger partial charge in [0.1, 0.15) is 0 Å². The molecule has 0 saturated carbocycles. The van der Waals surface area contributed by atoms with Crippen LogP contribution in [0.4, 0.5) is 5.82 Å². The molecule has 0 spiro atoms. The Kier molecular flexibility index (Phi) is 4.32. The Morgan fingerprint density at radius 1 is 1.22 bits per heavy atom. The van der Waals surface area contributed by atoms with Crippen molar-refractivity contribution in [2.45, 2.75) is 14.8 Å². The number of ether oxygens (including phenoxy) is 1. The fraction of sp³-hybridized carbons (Fsp3) is 0.667. The van der Waals surface area contributed by atoms with Gasteiger partial charge in [-0.2, -0.15) is 0 Å². The van der Waals surface area contributed by atoms with Gasteiger partial charge in [-0.25, -0.2) is 0 Å². The summed E-state index contributed by atoms with van der Waals surface area (Å²) in [5, 5.41) is 11.9. The van der Waals surface area contributed by atoms with Crippen LogP contribution in [0.15, 0.2) is 6.07 Å². The standard InChI is InChI=1S/C9H13N4O.3CH3.Sn/c1-14-9-3-2-8(11-12-9)13-6-4-10-5-7-13;;;;/h2,10H,4-7H2,1H3;3*1H3;. The SMILES string of the molecule is COc1nnc(N2CCNCC2)c[c]1[Sn]([CH3])([CH3])[CH3]. The monoisotopic (exact) mass is 358 g/mol. The van der Waals surface area contributed by atoms with Crippen molar-refractivity contribution < 1.29 is 4.74 Å². The van der Waals surface area contributed by atoms with Crippen LogP contribution in [0.5, 0.6) is 5.88 Å². The summed E-state index contributed by atoms with van der Waals surface area (Å²) in [5.74, 6) is 1.72. The Hall–Kier alpha value is -0.561. The summed E-state index contributed by atoms with van der Waals surface area (Å²) in [5.41, 5.74) is 0. The van der Waals surface area contributed by atoms with Crippen LogP contribution in [0.3, 0.4) is 0 Å². The molecule has 1 fully saturated rings. The first-order valence-electron chi connectivity index (χ1n) is 6.40. The van der Waals surface area contributed by atoms with Crippen LogP contribution in [0.25, 0.3) is 0 Å². The second-order valence-electron chi connectivity index (χ2n) is 5.61. The minimum absolute atomic E-state index is 0.720. The van der Waals surface area contributed by atoms with E-state index in [0.29, 0.717) is 0 Å². The van der Waals surface area contributed by atoms with Gasteiger partial charge in [0, 0.05) is 0 Å². The van der Waals surface area contributed by atoms with Gasteiger partial charge in [0.2, 0.25) is 0 Å². The van der Waals surface area contributed by atoms with E-state index in [0.717, 1.165) is 37.9 Å². The molecule has 2 rings (SSSR count). The fourth-order valence-electron chi connectivity index (χ4n) is 2.11. The first-order valence-corrected chi connectivity index (χ1v) is 16.4. The molecule has 100 valence electrons. The van der Waals surface area contributed by atoms with Crippen LogP contribution in [-0.2, 0) is 0 Å². The van der Waals surface area contributed by atoms with Gasteiger partial charge in [-0.3, -0.25) is 0 Å². The zero-order valence-corrected chi connectivity index (χ0v) is 14.5. The molecule has 2 heterocycles. The number of methoxy groups -OCH3 is 1. The molecule has 1 aromatic heterocycles. The van der Waals surface area contributed by atoms with Crippen molar-refractivity contribution in [3.05, 3.63) is 6.07 Å². The van der Waals surface area contributed by atoms with Crippen molar-refractivity contribution in [1.82, 2.24) is 15.5 Å². The van der Waals surface area contributed by atoms with Crippen LogP contribution >= 0.6 is 0 Å². The number of anilines is 1. The van der Waals surface area contributed by atoms with E-state index >= 15 is 0 Å². The molecule has 6 heteroatoms. The topological polar surface area (TPSA) is 50.3 Å². The zero-order valence-electron chi connectivity index (χ0n) is 11.7. The Labute approximate surface area is 113 Å². The third-order valence-corrected chi connectivity index (χ3v) is 8.82. The Bertz CT molecular complexity index is 413. The molecule has 5 nitrogen and oxygen atoms in total. The summed E-state index contributed by atoms with van der Waals surface area (Å²) in [7, 11) is 1.68. The molecule has 0 unspecified atom stereocenters. The number of rotatable bonds is 3. The van der Waals surface area contributed by atoms with E-state index in [1.807, 2.05) is 0 Å². The van der Waals surface area contributed by atoms with Gasteiger partial charge in [0.15, 0.2) is 0 Å². The van der Waals surface area contributed by atoms with Crippen LogP contribution in [-0.4, -0.2) is 61.9 Å². The Morgan fingerprint density at radius 3 is 2.44 bits per heavy atom. The van der Waals surface area contributed by atoms with Crippen molar-refractivity contribution in [3.63, 3.8) is 0 Å². The van der Waals surface area contributed by atoms with Crippen molar-refractivity contribution in [3.8, 4) is 5.88 Å². The van der Waals surface area contributed by atoms with Gasteiger partial charge in [-0.1, -0.05) is 0 Å². The van der Waals surface area contributed by atoms with E-state index in [4.69, 9.17) is 4.74 Å². The molecular formula is C12H22N4OSn. The molecule has 1 aliphatic heterocycles. The average molecular weight is 357 g/mol.